The third-order valence-corrected chi connectivity index (χ3v) is 9.75. The molecule has 6 nitrogen and oxygen atoms in total. The van der Waals surface area contributed by atoms with Crippen LogP contribution in [0.25, 0.3) is 0 Å². The molecule has 134 valence electrons. The van der Waals surface area contributed by atoms with Gasteiger partial charge in [0.2, 0.25) is 0 Å². The molecule has 1 aliphatic rings. The summed E-state index contributed by atoms with van der Waals surface area (Å²) >= 11 is 0. The summed E-state index contributed by atoms with van der Waals surface area (Å²) in [6.07, 6.45) is 6.12. The van der Waals surface area contributed by atoms with Gasteiger partial charge in [-0.3, -0.25) is 9.59 Å². The number of hydrogen-bond acceptors (Lipinski definition) is 4. The monoisotopic (exact) mass is 351 g/mol. The van der Waals surface area contributed by atoms with Crippen molar-refractivity contribution in [2.75, 3.05) is 0 Å². The largest absolute Gasteiger partial charge is 0.414 e. The molecular formula is C17H29N3O3Si. The molecule has 1 heterocycles. The maximum atomic E-state index is 12.2. The third-order valence-electron chi connectivity index (χ3n) is 5.22. The van der Waals surface area contributed by atoms with Gasteiger partial charge in [-0.15, -0.1) is 0 Å². The van der Waals surface area contributed by atoms with E-state index in [9.17, 15) is 9.59 Å². The highest BCUT2D eigenvalue weighted by Crippen LogP contribution is 2.39. The lowest BCUT2D eigenvalue weighted by molar-refractivity contribution is 0.0876. The van der Waals surface area contributed by atoms with E-state index in [1.54, 1.807) is 0 Å². The number of carbonyl (C=O) groups excluding carboxylic acids is 2. The molecule has 0 bridgehead atoms. The van der Waals surface area contributed by atoms with E-state index in [1.807, 2.05) is 0 Å². The molecule has 0 aromatic carbocycles. The zero-order valence-corrected chi connectivity index (χ0v) is 16.3. The maximum Gasteiger partial charge on any atom is 0.271 e. The van der Waals surface area contributed by atoms with Gasteiger partial charge in [0.05, 0.1) is 0 Å². The number of aldehydes is 1. The first-order valence-corrected chi connectivity index (χ1v) is 11.5. The fourth-order valence-electron chi connectivity index (χ4n) is 2.69. The molecule has 0 aliphatic heterocycles. The molecule has 0 atom stereocenters. The van der Waals surface area contributed by atoms with Crippen LogP contribution < -0.4 is 5.32 Å². The normalized spacial score (nSPS) is 22.2. The summed E-state index contributed by atoms with van der Waals surface area (Å²) in [6, 6.07) is 0.146. The third kappa shape index (κ3) is 4.54. The molecule has 0 radical (unpaired) electrons. The zero-order valence-electron chi connectivity index (χ0n) is 15.3. The molecule has 1 amide bonds. The van der Waals surface area contributed by atoms with Crippen LogP contribution in [0.2, 0.25) is 18.1 Å². The number of nitrogens with zero attached hydrogens (tertiary/aromatic N) is 1. The Bertz CT molecular complexity index is 584. The van der Waals surface area contributed by atoms with E-state index in [-0.39, 0.29) is 28.5 Å². The predicted molar refractivity (Wildman–Crippen MR) is 95.8 cm³/mol. The van der Waals surface area contributed by atoms with Gasteiger partial charge in [0.25, 0.3) is 5.91 Å². The molecule has 2 N–H and O–H groups in total. The highest BCUT2D eigenvalue weighted by Gasteiger charge is 2.39. The van der Waals surface area contributed by atoms with Crippen molar-refractivity contribution in [1.82, 2.24) is 15.3 Å². The highest BCUT2D eigenvalue weighted by atomic mass is 28.4. The average molecular weight is 352 g/mol. The second-order valence-electron chi connectivity index (χ2n) is 8.11. The van der Waals surface area contributed by atoms with Gasteiger partial charge in [-0.1, -0.05) is 20.8 Å². The van der Waals surface area contributed by atoms with E-state index in [4.69, 9.17) is 4.43 Å². The van der Waals surface area contributed by atoms with Gasteiger partial charge >= 0.3 is 0 Å². The molecule has 0 unspecified atom stereocenters. The summed E-state index contributed by atoms with van der Waals surface area (Å²) < 4.78 is 6.47. The number of nitrogens with one attached hydrogen (secondary N) is 2. The van der Waals surface area contributed by atoms with E-state index in [0.717, 1.165) is 25.7 Å². The molecule has 1 fully saturated rings. The summed E-state index contributed by atoms with van der Waals surface area (Å²) in [4.78, 5) is 29.4. The van der Waals surface area contributed by atoms with E-state index in [1.165, 1.54) is 6.20 Å². The fraction of sp³-hybridized carbons (Fsp3) is 0.706. The number of hydrogen-bond donors (Lipinski definition) is 2. The van der Waals surface area contributed by atoms with Crippen LogP contribution in [0.1, 0.15) is 67.6 Å². The van der Waals surface area contributed by atoms with Crippen molar-refractivity contribution >= 4 is 20.5 Å². The van der Waals surface area contributed by atoms with Gasteiger partial charge in [0.15, 0.2) is 20.4 Å². The highest BCUT2D eigenvalue weighted by molar-refractivity contribution is 6.74. The van der Waals surface area contributed by atoms with Gasteiger partial charge < -0.3 is 14.7 Å². The number of rotatable bonds is 5. The minimum absolute atomic E-state index is 0.146. The molecule has 7 heteroatoms. The molecule has 1 saturated carbocycles. The predicted octanol–water partition coefficient (Wildman–Crippen LogP) is 3.29. The van der Waals surface area contributed by atoms with Crippen LogP contribution in [0.3, 0.4) is 0 Å². The molecule has 2 rings (SSSR count). The fourth-order valence-corrected chi connectivity index (χ4v) is 4.11. The van der Waals surface area contributed by atoms with Crippen LogP contribution in [0.5, 0.6) is 0 Å². The van der Waals surface area contributed by atoms with Crippen molar-refractivity contribution in [3.63, 3.8) is 0 Å². The number of aromatic nitrogens is 2. The number of carbonyl (C=O) groups is 2. The number of imidazole rings is 1. The molecule has 1 aliphatic carbocycles. The summed E-state index contributed by atoms with van der Waals surface area (Å²) in [5.74, 6) is -0.0558. The van der Waals surface area contributed by atoms with Crippen LogP contribution in [0.4, 0.5) is 0 Å². The Balaban J connectivity index is 1.82. The lowest BCUT2D eigenvalue weighted by atomic mass is 9.93. The minimum Gasteiger partial charge on any atom is -0.414 e. The summed E-state index contributed by atoms with van der Waals surface area (Å²) in [6.45, 7) is 11.3. The first kappa shape index (κ1) is 18.9. The minimum atomic E-state index is -1.74. The standard InChI is InChI=1S/C17H29N3O3Si/c1-17(2,3)24(4,5)23-13-8-6-12(7-9-13)19-16(22)14-10-18-15(11-21)20-14/h10-13H,6-9H2,1-5H3,(H,18,20)(H,19,22). The van der Waals surface area contributed by atoms with Crippen molar-refractivity contribution in [3.05, 3.63) is 17.7 Å². The van der Waals surface area contributed by atoms with E-state index in [2.05, 4.69) is 49.1 Å². The SMILES string of the molecule is CC(C)(C)[Si](C)(C)OC1CCC(NC(=O)c2c[nH]c(C=O)n2)CC1. The number of amides is 1. The molecule has 0 spiro atoms. The first-order chi connectivity index (χ1) is 11.1. The van der Waals surface area contributed by atoms with E-state index >= 15 is 0 Å². The Morgan fingerprint density at radius 1 is 1.33 bits per heavy atom. The Labute approximate surface area is 144 Å². The van der Waals surface area contributed by atoms with Gasteiger partial charge in [0, 0.05) is 18.3 Å². The molecule has 24 heavy (non-hydrogen) atoms. The van der Waals surface area contributed by atoms with Gasteiger partial charge in [-0.25, -0.2) is 4.98 Å². The number of H-pyrrole nitrogens is 1. The van der Waals surface area contributed by atoms with Crippen LogP contribution in [0.15, 0.2) is 6.20 Å². The van der Waals surface area contributed by atoms with Crippen LogP contribution in [-0.2, 0) is 4.43 Å². The Morgan fingerprint density at radius 3 is 2.46 bits per heavy atom. The van der Waals surface area contributed by atoms with Crippen molar-refractivity contribution in [2.45, 2.75) is 76.7 Å². The van der Waals surface area contributed by atoms with Crippen LogP contribution in [-0.4, -0.2) is 42.6 Å². The molecule has 0 saturated heterocycles. The second-order valence-corrected chi connectivity index (χ2v) is 12.9. The lowest BCUT2D eigenvalue weighted by Crippen LogP contribution is -2.46. The van der Waals surface area contributed by atoms with Gasteiger partial charge in [-0.2, -0.15) is 0 Å². The lowest BCUT2D eigenvalue weighted by Gasteiger charge is -2.41. The first-order valence-electron chi connectivity index (χ1n) is 8.61. The van der Waals surface area contributed by atoms with Crippen LogP contribution in [0, 0.1) is 0 Å². The zero-order chi connectivity index (χ0) is 18.0. The molecule has 1 aromatic heterocycles. The summed E-state index contributed by atoms with van der Waals surface area (Å²) in [7, 11) is -1.74. The van der Waals surface area contributed by atoms with Crippen LogP contribution >= 0.6 is 0 Å². The van der Waals surface area contributed by atoms with Gasteiger partial charge in [0.1, 0.15) is 5.69 Å². The van der Waals surface area contributed by atoms with E-state index < -0.39 is 8.32 Å². The van der Waals surface area contributed by atoms with Crippen molar-refractivity contribution in [2.24, 2.45) is 0 Å². The average Bonchev–Trinajstić information content (AvgIpc) is 2.97. The molecular weight excluding hydrogens is 322 g/mol. The topological polar surface area (TPSA) is 84.1 Å². The van der Waals surface area contributed by atoms with Crippen molar-refractivity contribution in [1.29, 1.82) is 0 Å². The smallest absolute Gasteiger partial charge is 0.271 e. The maximum absolute atomic E-state index is 12.2. The quantitative estimate of drug-likeness (QED) is 0.630. The Hall–Kier alpha value is -1.47. The Kier molecular flexibility index (Phi) is 5.65. The van der Waals surface area contributed by atoms with Gasteiger partial charge in [-0.05, 0) is 43.8 Å². The van der Waals surface area contributed by atoms with Crippen molar-refractivity contribution < 1.29 is 14.0 Å². The number of aromatic amines is 1. The summed E-state index contributed by atoms with van der Waals surface area (Å²) in [5.41, 5.74) is 0.261. The molecule has 1 aromatic rings. The summed E-state index contributed by atoms with van der Waals surface area (Å²) in [5, 5.41) is 3.22. The Morgan fingerprint density at radius 2 is 1.96 bits per heavy atom. The van der Waals surface area contributed by atoms with E-state index in [0.29, 0.717) is 12.4 Å². The second kappa shape index (κ2) is 7.19. The van der Waals surface area contributed by atoms with Crippen molar-refractivity contribution in [3.8, 4) is 0 Å².